The topological polar surface area (TPSA) is 52.6 Å². The molecule has 0 N–H and O–H groups in total. The standard InChI is InChI=1S/C14H22O4/c1-5-7-12(8-11(3)4)10-18-14(16)9-13(15)17-6-2/h5,12H,1,3,6-10H2,2,4H3. The molecule has 0 aromatic rings. The number of carbonyl (C=O) groups excluding carboxylic acids is 2. The number of esters is 2. The summed E-state index contributed by atoms with van der Waals surface area (Å²) in [5.41, 5.74) is 1.03. The molecule has 102 valence electrons. The van der Waals surface area contributed by atoms with E-state index in [1.165, 1.54) is 0 Å². The number of hydrogen-bond acceptors (Lipinski definition) is 4. The van der Waals surface area contributed by atoms with Gasteiger partial charge in [-0.3, -0.25) is 9.59 Å². The van der Waals surface area contributed by atoms with Crippen LogP contribution in [0.3, 0.4) is 0 Å². The first kappa shape index (κ1) is 16.4. The van der Waals surface area contributed by atoms with Crippen LogP contribution in [0, 0.1) is 5.92 Å². The summed E-state index contributed by atoms with van der Waals surface area (Å²) in [5.74, 6) is -0.932. The molecule has 0 rings (SSSR count). The first-order valence-electron chi connectivity index (χ1n) is 6.06. The van der Waals surface area contributed by atoms with Crippen LogP contribution in [0.15, 0.2) is 24.8 Å². The molecule has 0 bridgehead atoms. The van der Waals surface area contributed by atoms with Crippen molar-refractivity contribution in [2.45, 2.75) is 33.1 Å². The van der Waals surface area contributed by atoms with Crippen molar-refractivity contribution in [2.24, 2.45) is 5.92 Å². The van der Waals surface area contributed by atoms with Crippen LogP contribution in [0.2, 0.25) is 0 Å². The molecule has 0 amide bonds. The number of carbonyl (C=O) groups is 2. The molecule has 1 unspecified atom stereocenters. The summed E-state index contributed by atoms with van der Waals surface area (Å²) in [5, 5.41) is 0. The summed E-state index contributed by atoms with van der Waals surface area (Å²) in [6.07, 6.45) is 2.98. The van der Waals surface area contributed by atoms with Crippen molar-refractivity contribution in [2.75, 3.05) is 13.2 Å². The predicted octanol–water partition coefficient (Wildman–Crippen LogP) is 2.64. The van der Waals surface area contributed by atoms with Gasteiger partial charge in [-0.2, -0.15) is 0 Å². The van der Waals surface area contributed by atoms with E-state index >= 15 is 0 Å². The normalized spacial score (nSPS) is 11.4. The number of rotatable bonds is 9. The smallest absolute Gasteiger partial charge is 0.317 e. The van der Waals surface area contributed by atoms with Crippen LogP contribution in [0.4, 0.5) is 0 Å². The zero-order valence-corrected chi connectivity index (χ0v) is 11.2. The quantitative estimate of drug-likeness (QED) is 0.360. The second-order valence-corrected chi connectivity index (χ2v) is 4.22. The average Bonchev–Trinajstić information content (AvgIpc) is 2.25. The van der Waals surface area contributed by atoms with Gasteiger partial charge in [0.15, 0.2) is 0 Å². The molecule has 18 heavy (non-hydrogen) atoms. The predicted molar refractivity (Wildman–Crippen MR) is 69.9 cm³/mol. The Labute approximate surface area is 109 Å². The van der Waals surface area contributed by atoms with Gasteiger partial charge in [-0.1, -0.05) is 11.6 Å². The molecule has 0 aromatic carbocycles. The van der Waals surface area contributed by atoms with Crippen molar-refractivity contribution < 1.29 is 19.1 Å². The van der Waals surface area contributed by atoms with Crippen LogP contribution in [0.25, 0.3) is 0 Å². The van der Waals surface area contributed by atoms with E-state index in [1.54, 1.807) is 13.0 Å². The Morgan fingerprint density at radius 2 is 1.89 bits per heavy atom. The Kier molecular flexibility index (Phi) is 8.62. The van der Waals surface area contributed by atoms with Crippen LogP contribution in [0.1, 0.15) is 33.1 Å². The zero-order valence-electron chi connectivity index (χ0n) is 11.2. The van der Waals surface area contributed by atoms with Gasteiger partial charge in [0.2, 0.25) is 0 Å². The summed E-state index contributed by atoms with van der Waals surface area (Å²) < 4.78 is 9.71. The molecule has 0 spiro atoms. The van der Waals surface area contributed by atoms with E-state index in [4.69, 9.17) is 4.74 Å². The maximum Gasteiger partial charge on any atom is 0.317 e. The van der Waals surface area contributed by atoms with Crippen molar-refractivity contribution in [3.05, 3.63) is 24.8 Å². The average molecular weight is 254 g/mol. The molecule has 0 heterocycles. The summed E-state index contributed by atoms with van der Waals surface area (Å²) >= 11 is 0. The Bertz CT molecular complexity index is 307. The van der Waals surface area contributed by atoms with Crippen molar-refractivity contribution in [3.8, 4) is 0 Å². The lowest BCUT2D eigenvalue weighted by Gasteiger charge is -2.15. The highest BCUT2D eigenvalue weighted by Crippen LogP contribution is 2.15. The molecule has 0 aromatic heterocycles. The van der Waals surface area contributed by atoms with E-state index in [0.29, 0.717) is 0 Å². The van der Waals surface area contributed by atoms with Gasteiger partial charge in [0, 0.05) is 5.92 Å². The van der Waals surface area contributed by atoms with Gasteiger partial charge >= 0.3 is 11.9 Å². The molecule has 0 aliphatic carbocycles. The number of hydrogen-bond donors (Lipinski definition) is 0. The van der Waals surface area contributed by atoms with E-state index < -0.39 is 11.9 Å². The van der Waals surface area contributed by atoms with Gasteiger partial charge in [0.25, 0.3) is 0 Å². The Morgan fingerprint density at radius 1 is 1.28 bits per heavy atom. The lowest BCUT2D eigenvalue weighted by molar-refractivity contribution is -0.155. The van der Waals surface area contributed by atoms with Crippen LogP contribution < -0.4 is 0 Å². The van der Waals surface area contributed by atoms with Gasteiger partial charge in [-0.05, 0) is 26.7 Å². The molecular formula is C14H22O4. The molecule has 0 radical (unpaired) electrons. The molecule has 0 saturated carbocycles. The minimum atomic E-state index is -0.553. The van der Waals surface area contributed by atoms with Crippen LogP contribution in [-0.2, 0) is 19.1 Å². The second-order valence-electron chi connectivity index (χ2n) is 4.22. The molecular weight excluding hydrogens is 232 g/mol. The van der Waals surface area contributed by atoms with Gasteiger partial charge in [0.05, 0.1) is 13.2 Å². The second kappa shape index (κ2) is 9.45. The third-order valence-electron chi connectivity index (χ3n) is 2.21. The van der Waals surface area contributed by atoms with E-state index in [2.05, 4.69) is 17.9 Å². The van der Waals surface area contributed by atoms with Crippen molar-refractivity contribution in [1.29, 1.82) is 0 Å². The van der Waals surface area contributed by atoms with Gasteiger partial charge in [-0.25, -0.2) is 0 Å². The fourth-order valence-corrected chi connectivity index (χ4v) is 1.53. The van der Waals surface area contributed by atoms with Crippen molar-refractivity contribution >= 4 is 11.9 Å². The molecule has 0 aliphatic rings. The molecule has 4 nitrogen and oxygen atoms in total. The Morgan fingerprint density at radius 3 is 2.39 bits per heavy atom. The van der Waals surface area contributed by atoms with Crippen LogP contribution in [0.5, 0.6) is 0 Å². The summed E-state index contributed by atoms with van der Waals surface area (Å²) in [4.78, 5) is 22.4. The fraction of sp³-hybridized carbons (Fsp3) is 0.571. The van der Waals surface area contributed by atoms with E-state index in [1.807, 2.05) is 6.92 Å². The maximum absolute atomic E-state index is 11.4. The summed E-state index contributed by atoms with van der Waals surface area (Å²) in [6.45, 7) is 11.6. The van der Waals surface area contributed by atoms with Gasteiger partial charge < -0.3 is 9.47 Å². The lowest BCUT2D eigenvalue weighted by Crippen LogP contribution is -2.18. The molecule has 4 heteroatoms. The first-order valence-corrected chi connectivity index (χ1v) is 6.06. The van der Waals surface area contributed by atoms with E-state index in [9.17, 15) is 9.59 Å². The SMILES string of the molecule is C=CCC(COC(=O)CC(=O)OCC)CC(=C)C. The van der Waals surface area contributed by atoms with E-state index in [0.717, 1.165) is 18.4 Å². The first-order chi connectivity index (χ1) is 8.49. The molecule has 1 atom stereocenters. The summed E-state index contributed by atoms with van der Waals surface area (Å²) in [7, 11) is 0. The Balaban J connectivity index is 4.02. The number of ether oxygens (including phenoxy) is 2. The number of allylic oxidation sites excluding steroid dienone is 2. The van der Waals surface area contributed by atoms with Crippen LogP contribution >= 0.6 is 0 Å². The van der Waals surface area contributed by atoms with Crippen molar-refractivity contribution in [3.63, 3.8) is 0 Å². The lowest BCUT2D eigenvalue weighted by atomic mass is 9.99. The molecule has 0 aliphatic heterocycles. The fourth-order valence-electron chi connectivity index (χ4n) is 1.53. The van der Waals surface area contributed by atoms with Gasteiger partial charge in [0.1, 0.15) is 6.42 Å². The minimum Gasteiger partial charge on any atom is -0.466 e. The molecule has 0 fully saturated rings. The molecule has 0 saturated heterocycles. The highest BCUT2D eigenvalue weighted by atomic mass is 16.6. The minimum absolute atomic E-state index is 0.172. The van der Waals surface area contributed by atoms with Crippen LogP contribution in [-0.4, -0.2) is 25.2 Å². The highest BCUT2D eigenvalue weighted by Gasteiger charge is 2.14. The Hall–Kier alpha value is -1.58. The summed E-state index contributed by atoms with van der Waals surface area (Å²) in [6, 6.07) is 0. The highest BCUT2D eigenvalue weighted by molar-refractivity contribution is 5.91. The maximum atomic E-state index is 11.4. The van der Waals surface area contributed by atoms with Crippen molar-refractivity contribution in [1.82, 2.24) is 0 Å². The third-order valence-corrected chi connectivity index (χ3v) is 2.21. The third kappa shape index (κ3) is 8.56. The zero-order chi connectivity index (χ0) is 14.0. The largest absolute Gasteiger partial charge is 0.466 e. The van der Waals surface area contributed by atoms with E-state index in [-0.39, 0.29) is 25.6 Å². The monoisotopic (exact) mass is 254 g/mol. The van der Waals surface area contributed by atoms with Gasteiger partial charge in [-0.15, -0.1) is 13.2 Å².